The van der Waals surface area contributed by atoms with Crippen molar-refractivity contribution in [1.29, 1.82) is 0 Å². The number of nitrogens with zero attached hydrogens (tertiary/aromatic N) is 2. The van der Waals surface area contributed by atoms with Gasteiger partial charge in [-0.1, -0.05) is 18.2 Å². The monoisotopic (exact) mass is 323 g/mol. The van der Waals surface area contributed by atoms with Gasteiger partial charge in [0.15, 0.2) is 0 Å². The Labute approximate surface area is 140 Å². The average Bonchev–Trinajstić information content (AvgIpc) is 3.05. The predicted octanol–water partition coefficient (Wildman–Crippen LogP) is 1.71. The lowest BCUT2D eigenvalue weighted by molar-refractivity contribution is -0.123. The molecule has 0 aliphatic carbocycles. The Hall–Kier alpha value is -2.40. The van der Waals surface area contributed by atoms with Crippen molar-refractivity contribution in [2.75, 3.05) is 18.0 Å². The van der Waals surface area contributed by atoms with Gasteiger partial charge in [0, 0.05) is 37.1 Å². The van der Waals surface area contributed by atoms with Crippen molar-refractivity contribution in [3.8, 4) is 0 Å². The van der Waals surface area contributed by atoms with Crippen molar-refractivity contribution in [1.82, 2.24) is 9.88 Å². The van der Waals surface area contributed by atoms with Crippen LogP contribution in [0.25, 0.3) is 0 Å². The van der Waals surface area contributed by atoms with Crippen LogP contribution in [0.4, 0.5) is 5.69 Å². The molecule has 1 aromatic heterocycles. The van der Waals surface area contributed by atoms with Crippen LogP contribution < -0.4 is 10.5 Å². The number of para-hydroxylation sites is 1. The standard InChI is InChI=1S/C19H21N3O2/c1-13(19(24)22-11-8-15-4-2-3-5-17(15)22)21-10-7-14-6-9-20-18(23)16(14)12-21/h2-6,9,13H,7-8,10-12H2,1H3,(H,20,23)/t13-/m1/s1. The first kappa shape index (κ1) is 15.1. The summed E-state index contributed by atoms with van der Waals surface area (Å²) in [6, 6.07) is 9.84. The van der Waals surface area contributed by atoms with E-state index in [0.29, 0.717) is 6.54 Å². The van der Waals surface area contributed by atoms with Crippen LogP contribution in [0, 0.1) is 0 Å². The number of aromatic amines is 1. The van der Waals surface area contributed by atoms with Gasteiger partial charge < -0.3 is 9.88 Å². The Morgan fingerprint density at radius 2 is 1.92 bits per heavy atom. The number of fused-ring (bicyclic) bond motifs is 2. The second kappa shape index (κ2) is 5.91. The molecule has 2 aliphatic heterocycles. The van der Waals surface area contributed by atoms with Crippen molar-refractivity contribution in [2.24, 2.45) is 0 Å². The maximum atomic E-state index is 13.0. The molecule has 0 saturated carbocycles. The number of anilines is 1. The molecular weight excluding hydrogens is 302 g/mol. The number of H-pyrrole nitrogens is 1. The van der Waals surface area contributed by atoms with Gasteiger partial charge in [-0.15, -0.1) is 0 Å². The average molecular weight is 323 g/mol. The zero-order chi connectivity index (χ0) is 16.7. The van der Waals surface area contributed by atoms with Crippen LogP contribution in [-0.2, 0) is 24.2 Å². The molecule has 124 valence electrons. The van der Waals surface area contributed by atoms with Crippen molar-refractivity contribution < 1.29 is 4.79 Å². The van der Waals surface area contributed by atoms with E-state index < -0.39 is 0 Å². The molecule has 0 bridgehead atoms. The number of hydrogen-bond acceptors (Lipinski definition) is 3. The summed E-state index contributed by atoms with van der Waals surface area (Å²) < 4.78 is 0. The number of amides is 1. The van der Waals surface area contributed by atoms with Crippen LogP contribution in [-0.4, -0.2) is 34.9 Å². The zero-order valence-corrected chi connectivity index (χ0v) is 13.8. The minimum absolute atomic E-state index is 0.0385. The van der Waals surface area contributed by atoms with Crippen molar-refractivity contribution >= 4 is 11.6 Å². The number of nitrogens with one attached hydrogen (secondary N) is 1. The molecule has 1 N–H and O–H groups in total. The highest BCUT2D eigenvalue weighted by molar-refractivity contribution is 5.98. The van der Waals surface area contributed by atoms with Gasteiger partial charge in [-0.25, -0.2) is 0 Å². The molecule has 5 nitrogen and oxygen atoms in total. The first-order chi connectivity index (χ1) is 11.6. The molecule has 3 heterocycles. The predicted molar refractivity (Wildman–Crippen MR) is 93.1 cm³/mol. The lowest BCUT2D eigenvalue weighted by atomic mass is 10.0. The number of hydrogen-bond donors (Lipinski definition) is 1. The molecule has 5 heteroatoms. The summed E-state index contributed by atoms with van der Waals surface area (Å²) in [5, 5.41) is 0. The highest BCUT2D eigenvalue weighted by Gasteiger charge is 2.32. The van der Waals surface area contributed by atoms with Gasteiger partial charge in [-0.05, 0) is 43.0 Å². The lowest BCUT2D eigenvalue weighted by Gasteiger charge is -2.34. The van der Waals surface area contributed by atoms with E-state index in [-0.39, 0.29) is 17.5 Å². The molecule has 1 aromatic carbocycles. The van der Waals surface area contributed by atoms with E-state index in [1.807, 2.05) is 36.1 Å². The molecule has 1 atom stereocenters. The zero-order valence-electron chi connectivity index (χ0n) is 13.8. The van der Waals surface area contributed by atoms with E-state index in [1.54, 1.807) is 6.20 Å². The number of rotatable bonds is 2. The van der Waals surface area contributed by atoms with Crippen LogP contribution in [0.15, 0.2) is 41.3 Å². The third-order valence-electron chi connectivity index (χ3n) is 5.25. The summed E-state index contributed by atoms with van der Waals surface area (Å²) in [6.07, 6.45) is 3.43. The SMILES string of the molecule is C[C@H](C(=O)N1CCc2ccccc21)N1CCc2cc[nH]c(=O)c2C1. The van der Waals surface area contributed by atoms with E-state index in [2.05, 4.69) is 16.0 Å². The molecule has 0 fully saturated rings. The molecular formula is C19H21N3O2. The van der Waals surface area contributed by atoms with Gasteiger partial charge in [0.1, 0.15) is 0 Å². The van der Waals surface area contributed by atoms with E-state index >= 15 is 0 Å². The highest BCUT2D eigenvalue weighted by atomic mass is 16.2. The van der Waals surface area contributed by atoms with Crippen molar-refractivity contribution in [2.45, 2.75) is 32.4 Å². The number of pyridine rings is 1. The largest absolute Gasteiger partial charge is 0.329 e. The normalized spacial score (nSPS) is 18.1. The van der Waals surface area contributed by atoms with E-state index in [1.165, 1.54) is 5.56 Å². The Morgan fingerprint density at radius 3 is 2.79 bits per heavy atom. The number of carbonyl (C=O) groups excluding carboxylic acids is 1. The van der Waals surface area contributed by atoms with E-state index in [0.717, 1.165) is 42.7 Å². The fourth-order valence-corrected chi connectivity index (χ4v) is 3.78. The first-order valence-electron chi connectivity index (χ1n) is 8.48. The molecule has 4 rings (SSSR count). The van der Waals surface area contributed by atoms with E-state index in [4.69, 9.17) is 0 Å². The Kier molecular flexibility index (Phi) is 3.73. The molecule has 2 aliphatic rings. The van der Waals surface area contributed by atoms with Gasteiger partial charge in [-0.3, -0.25) is 14.5 Å². The van der Waals surface area contributed by atoms with Gasteiger partial charge in [0.2, 0.25) is 5.91 Å². The van der Waals surface area contributed by atoms with Crippen LogP contribution in [0.1, 0.15) is 23.6 Å². The number of aromatic nitrogens is 1. The summed E-state index contributed by atoms with van der Waals surface area (Å²) in [4.78, 5) is 31.8. The van der Waals surface area contributed by atoms with Gasteiger partial charge in [-0.2, -0.15) is 0 Å². The van der Waals surface area contributed by atoms with Crippen LogP contribution in [0.2, 0.25) is 0 Å². The second-order valence-corrected chi connectivity index (χ2v) is 6.58. The third kappa shape index (κ3) is 2.45. The topological polar surface area (TPSA) is 56.4 Å². The maximum Gasteiger partial charge on any atom is 0.252 e. The third-order valence-corrected chi connectivity index (χ3v) is 5.25. The fraction of sp³-hybridized carbons (Fsp3) is 0.368. The fourth-order valence-electron chi connectivity index (χ4n) is 3.78. The van der Waals surface area contributed by atoms with Crippen LogP contribution >= 0.6 is 0 Å². The maximum absolute atomic E-state index is 13.0. The molecule has 0 radical (unpaired) electrons. The summed E-state index contributed by atoms with van der Waals surface area (Å²) in [7, 11) is 0. The first-order valence-corrected chi connectivity index (χ1v) is 8.48. The molecule has 1 amide bonds. The summed E-state index contributed by atoms with van der Waals surface area (Å²) >= 11 is 0. The van der Waals surface area contributed by atoms with Crippen LogP contribution in [0.3, 0.4) is 0 Å². The quantitative estimate of drug-likeness (QED) is 0.915. The summed E-state index contributed by atoms with van der Waals surface area (Å²) in [6.45, 7) is 4.03. The van der Waals surface area contributed by atoms with Crippen molar-refractivity contribution in [3.63, 3.8) is 0 Å². The molecule has 0 unspecified atom stereocenters. The minimum atomic E-state index is -0.232. The number of carbonyl (C=O) groups is 1. The Balaban J connectivity index is 1.55. The second-order valence-electron chi connectivity index (χ2n) is 6.58. The lowest BCUT2D eigenvalue weighted by Crippen LogP contribution is -2.49. The Morgan fingerprint density at radius 1 is 1.12 bits per heavy atom. The highest BCUT2D eigenvalue weighted by Crippen LogP contribution is 2.29. The molecule has 24 heavy (non-hydrogen) atoms. The van der Waals surface area contributed by atoms with Crippen LogP contribution in [0.5, 0.6) is 0 Å². The van der Waals surface area contributed by atoms with Gasteiger partial charge in [0.25, 0.3) is 5.56 Å². The van der Waals surface area contributed by atoms with E-state index in [9.17, 15) is 9.59 Å². The van der Waals surface area contributed by atoms with Crippen molar-refractivity contribution in [3.05, 3.63) is 63.6 Å². The number of benzene rings is 1. The minimum Gasteiger partial charge on any atom is -0.329 e. The molecule has 2 aromatic rings. The molecule has 0 saturated heterocycles. The van der Waals surface area contributed by atoms with Gasteiger partial charge in [0.05, 0.1) is 6.04 Å². The summed E-state index contributed by atoms with van der Waals surface area (Å²) in [5.41, 5.74) is 4.12. The smallest absolute Gasteiger partial charge is 0.252 e. The summed E-state index contributed by atoms with van der Waals surface area (Å²) in [5.74, 6) is 0.121. The Bertz CT molecular complexity index is 843. The van der Waals surface area contributed by atoms with Gasteiger partial charge >= 0.3 is 0 Å². The molecule has 0 spiro atoms.